The number of rotatable bonds is 12. The Morgan fingerprint density at radius 1 is 0.122 bits per heavy atom. The minimum absolute atomic E-state index is 0.867. The fourth-order valence-electron chi connectivity index (χ4n) is 22.5. The molecule has 24 aromatic carbocycles. The standard InChI is InChI=1S/3C46H29N3/c1-2-16-35(17-3-1)49-43-23-9-8-20-38(43)41-28-33(24-25-44(41)49)31-13-10-12-30(26-31)32-14-11-15-34(27-32)42-29-47-45-39-21-6-4-18-36(39)37-19-5-7-22-40(37)46(45)48-42;1-2-10-35(11-3-1)49-43-17-9-8-14-38(43)41-28-34(26-27-44(41)49)32-20-18-30(19-21-32)31-22-24-33(25-23-31)42-29-47-45-39-15-6-4-12-36(39)37-13-5-7-16-40(37)46(45)48-42;1-2-12-33(13-3-1)49-43-21-11-10-18-38(43)41-28-32(26-27-44(41)49)35-15-5-4-14-34(35)30-22-24-31(25-23-30)42-29-47-45-39-19-8-6-16-36(39)37-17-7-9-20-40(37)46(45)48-42/h3*1-29H. The van der Waals surface area contributed by atoms with Crippen LogP contribution in [-0.4, -0.2) is 43.6 Å². The zero-order valence-corrected chi connectivity index (χ0v) is 79.8. The first-order chi connectivity index (χ1) is 72.9. The molecule has 0 bridgehead atoms. The van der Waals surface area contributed by atoms with E-state index in [1.54, 1.807) is 0 Å². The summed E-state index contributed by atoms with van der Waals surface area (Å²) in [5.74, 6) is 0. The second-order valence-corrected chi connectivity index (χ2v) is 37.8. The molecule has 0 aliphatic carbocycles. The van der Waals surface area contributed by atoms with E-state index in [4.69, 9.17) is 29.9 Å². The van der Waals surface area contributed by atoms with Crippen molar-refractivity contribution in [2.75, 3.05) is 0 Å². The van der Waals surface area contributed by atoms with Gasteiger partial charge in [0.1, 0.15) is 0 Å². The van der Waals surface area contributed by atoms with Gasteiger partial charge in [-0.3, -0.25) is 15.0 Å². The largest absolute Gasteiger partial charge is 0.309 e. The number of benzene rings is 24. The second-order valence-electron chi connectivity index (χ2n) is 37.8. The molecule has 0 aliphatic rings. The van der Waals surface area contributed by atoms with Gasteiger partial charge in [-0.1, -0.05) is 406 Å². The third-order valence-electron chi connectivity index (χ3n) is 29.5. The zero-order chi connectivity index (χ0) is 96.9. The molecule has 684 valence electrons. The van der Waals surface area contributed by atoms with E-state index in [2.05, 4.69) is 523 Å². The SMILES string of the molecule is c1ccc(-n2c3ccccc3c3cc(-c4ccc(-c5ccc(-c6cnc7c8ccccc8c8ccccc8c7n6)cc5)cc4)ccc32)cc1.c1ccc(-n2c3ccccc3c3cc(-c4cccc(-c5cccc(-c6cnc7c8ccccc8c8ccccc8c7n6)c5)c4)ccc32)cc1.c1ccc(-n2c3ccccc3c3cc(-c4ccccc4-c4ccc(-c5cnc6c7ccccc7c7ccccc7c6n5)cc4)ccc32)cc1. The van der Waals surface area contributed by atoms with E-state index >= 15 is 0 Å². The number of aromatic nitrogens is 9. The molecule has 6 aromatic heterocycles. The number of nitrogens with zero attached hydrogens (tertiary/aromatic N) is 9. The van der Waals surface area contributed by atoms with E-state index in [0.717, 1.165) is 116 Å². The molecule has 0 aliphatic heterocycles. The number of para-hydroxylation sites is 6. The lowest BCUT2D eigenvalue weighted by Gasteiger charge is -2.13. The van der Waals surface area contributed by atoms with Crippen LogP contribution in [0.25, 0.3) is 281 Å². The summed E-state index contributed by atoms with van der Waals surface area (Å²) in [6.07, 6.45) is 5.73. The Morgan fingerprint density at radius 2 is 0.340 bits per heavy atom. The third-order valence-corrected chi connectivity index (χ3v) is 29.5. The Balaban J connectivity index is 0.000000107. The summed E-state index contributed by atoms with van der Waals surface area (Å²) in [6, 6.07) is 182. The smallest absolute Gasteiger partial charge is 0.0979 e. The summed E-state index contributed by atoms with van der Waals surface area (Å²) < 4.78 is 7.08. The summed E-state index contributed by atoms with van der Waals surface area (Å²) in [6.45, 7) is 0. The van der Waals surface area contributed by atoms with Gasteiger partial charge < -0.3 is 13.7 Å². The molecule has 30 rings (SSSR count). The van der Waals surface area contributed by atoms with Crippen molar-refractivity contribution in [3.05, 3.63) is 528 Å². The average molecular weight is 1870 g/mol. The fourth-order valence-corrected chi connectivity index (χ4v) is 22.5. The summed E-state index contributed by atoms with van der Waals surface area (Å²) in [4.78, 5) is 30.5. The number of fused-ring (bicyclic) bond motifs is 27. The Morgan fingerprint density at radius 3 is 0.687 bits per heavy atom. The van der Waals surface area contributed by atoms with Crippen LogP contribution >= 0.6 is 0 Å². The average Bonchev–Trinajstić information content (AvgIpc) is 1.16. The van der Waals surface area contributed by atoms with Crippen LogP contribution in [-0.2, 0) is 0 Å². The summed E-state index contributed by atoms with van der Waals surface area (Å²) >= 11 is 0. The highest BCUT2D eigenvalue weighted by Crippen LogP contribution is 2.46. The first kappa shape index (κ1) is 85.3. The lowest BCUT2D eigenvalue weighted by atomic mass is 9.93. The monoisotopic (exact) mass is 1870 g/mol. The van der Waals surface area contributed by atoms with Crippen molar-refractivity contribution < 1.29 is 0 Å². The normalized spacial score (nSPS) is 11.7. The van der Waals surface area contributed by atoms with E-state index in [1.165, 1.54) is 165 Å². The van der Waals surface area contributed by atoms with Gasteiger partial charge in [-0.25, -0.2) is 15.0 Å². The van der Waals surface area contributed by atoms with Crippen molar-refractivity contribution in [1.29, 1.82) is 0 Å². The molecule has 9 nitrogen and oxygen atoms in total. The topological polar surface area (TPSA) is 92.1 Å². The number of hydrogen-bond acceptors (Lipinski definition) is 6. The van der Waals surface area contributed by atoms with Gasteiger partial charge in [-0.2, -0.15) is 0 Å². The first-order valence-electron chi connectivity index (χ1n) is 50.0. The summed E-state index contributed by atoms with van der Waals surface area (Å²) in [5.41, 5.74) is 36.4. The quantitative estimate of drug-likeness (QED) is 0.113. The minimum atomic E-state index is 0.867. The van der Waals surface area contributed by atoms with Crippen LogP contribution < -0.4 is 0 Å². The highest BCUT2D eigenvalue weighted by atomic mass is 15.0. The third kappa shape index (κ3) is 14.9. The highest BCUT2D eigenvalue weighted by Gasteiger charge is 2.23. The fraction of sp³-hybridized carbons (Fsp3) is 0. The maximum absolute atomic E-state index is 5.24. The first-order valence-corrected chi connectivity index (χ1v) is 50.0. The molecule has 0 saturated carbocycles. The van der Waals surface area contributed by atoms with Crippen molar-refractivity contribution >= 4 is 163 Å². The number of hydrogen-bond donors (Lipinski definition) is 0. The van der Waals surface area contributed by atoms with Gasteiger partial charge in [0.05, 0.1) is 102 Å². The second kappa shape index (κ2) is 35.8. The highest BCUT2D eigenvalue weighted by molar-refractivity contribution is 6.26. The van der Waals surface area contributed by atoms with Crippen molar-refractivity contribution in [3.8, 4) is 118 Å². The zero-order valence-electron chi connectivity index (χ0n) is 79.8. The molecule has 0 fully saturated rings. The Bertz CT molecular complexity index is 10400. The van der Waals surface area contributed by atoms with Crippen molar-refractivity contribution in [1.82, 2.24) is 43.6 Å². The predicted molar refractivity (Wildman–Crippen MR) is 616 cm³/mol. The van der Waals surface area contributed by atoms with Crippen molar-refractivity contribution in [3.63, 3.8) is 0 Å². The van der Waals surface area contributed by atoms with Crippen LogP contribution in [0.15, 0.2) is 528 Å². The molecule has 0 radical (unpaired) electrons. The maximum atomic E-state index is 5.24. The van der Waals surface area contributed by atoms with Gasteiger partial charge in [0.2, 0.25) is 0 Å². The van der Waals surface area contributed by atoms with E-state index in [0.29, 0.717) is 0 Å². The van der Waals surface area contributed by atoms with Crippen LogP contribution in [0.5, 0.6) is 0 Å². The van der Waals surface area contributed by atoms with Crippen LogP contribution in [0.4, 0.5) is 0 Å². The molecule has 30 aromatic rings. The molecule has 0 atom stereocenters. The molecule has 0 amide bonds. The van der Waals surface area contributed by atoms with E-state index in [1.807, 2.05) is 18.6 Å². The molecular weight excluding hydrogens is 1780 g/mol. The molecule has 0 N–H and O–H groups in total. The molecule has 0 saturated heterocycles. The van der Waals surface area contributed by atoms with Gasteiger partial charge in [-0.05, 0) is 202 Å². The van der Waals surface area contributed by atoms with Crippen molar-refractivity contribution in [2.24, 2.45) is 0 Å². The Hall–Kier alpha value is -19.7. The van der Waals surface area contributed by atoms with Crippen LogP contribution in [0.3, 0.4) is 0 Å². The molecule has 9 heteroatoms. The molecular formula is C138H87N9. The van der Waals surface area contributed by atoms with Gasteiger partial charge in [0.25, 0.3) is 0 Å². The van der Waals surface area contributed by atoms with Gasteiger partial charge in [-0.15, -0.1) is 0 Å². The molecule has 147 heavy (non-hydrogen) atoms. The summed E-state index contributed by atoms with van der Waals surface area (Å²) in [7, 11) is 0. The predicted octanol–water partition coefficient (Wildman–Crippen LogP) is 36.1. The maximum Gasteiger partial charge on any atom is 0.0979 e. The van der Waals surface area contributed by atoms with Crippen LogP contribution in [0.2, 0.25) is 0 Å². The minimum Gasteiger partial charge on any atom is -0.309 e. The van der Waals surface area contributed by atoms with Gasteiger partial charge in [0.15, 0.2) is 0 Å². The Kier molecular flexibility index (Phi) is 20.8. The van der Waals surface area contributed by atoms with E-state index in [9.17, 15) is 0 Å². The molecule has 6 heterocycles. The molecule has 0 unspecified atom stereocenters. The molecule has 0 spiro atoms. The van der Waals surface area contributed by atoms with Crippen molar-refractivity contribution in [2.45, 2.75) is 0 Å². The van der Waals surface area contributed by atoms with Crippen LogP contribution in [0.1, 0.15) is 0 Å². The van der Waals surface area contributed by atoms with E-state index in [-0.39, 0.29) is 0 Å². The summed E-state index contributed by atoms with van der Waals surface area (Å²) in [5, 5.41) is 21.5. The lowest BCUT2D eigenvalue weighted by molar-refractivity contribution is 1.18. The Labute approximate surface area is 846 Å². The van der Waals surface area contributed by atoms with Crippen LogP contribution in [0, 0.1) is 0 Å². The van der Waals surface area contributed by atoms with E-state index < -0.39 is 0 Å². The lowest BCUT2D eigenvalue weighted by Crippen LogP contribution is -1.93. The van der Waals surface area contributed by atoms with Gasteiger partial charge >= 0.3 is 0 Å². The van der Waals surface area contributed by atoms with Gasteiger partial charge in [0, 0.05) is 98.4 Å².